The number of nitrogens with zero attached hydrogens (tertiary/aromatic N) is 5. The molecule has 7 heteroatoms. The molecule has 6 nitrogen and oxygen atoms in total. The van der Waals surface area contributed by atoms with E-state index in [1.165, 1.54) is 18.2 Å². The highest BCUT2D eigenvalue weighted by molar-refractivity contribution is 8.00. The molecule has 0 bridgehead atoms. The molecule has 3 heterocycles. The Kier molecular flexibility index (Phi) is 5.76. The Morgan fingerprint density at radius 2 is 1.93 bits per heavy atom. The highest BCUT2D eigenvalue weighted by atomic mass is 32.2. The second kappa shape index (κ2) is 8.30. The number of piperidine rings is 1. The van der Waals surface area contributed by atoms with Crippen LogP contribution >= 0.6 is 11.8 Å². The van der Waals surface area contributed by atoms with E-state index in [0.29, 0.717) is 17.0 Å². The van der Waals surface area contributed by atoms with Crippen molar-refractivity contribution >= 4 is 39.7 Å². The lowest BCUT2D eigenvalue weighted by molar-refractivity contribution is -0.132. The Balaban J connectivity index is 1.60. The van der Waals surface area contributed by atoms with Gasteiger partial charge in [-0.1, -0.05) is 50.7 Å². The summed E-state index contributed by atoms with van der Waals surface area (Å²) in [6.07, 6.45) is 2.21. The number of likely N-dealkylation sites (tertiary alicyclic amines) is 1. The van der Waals surface area contributed by atoms with Gasteiger partial charge in [-0.25, -0.2) is 4.98 Å². The van der Waals surface area contributed by atoms with Gasteiger partial charge in [-0.3, -0.25) is 4.79 Å². The molecule has 2 aromatic heterocycles. The van der Waals surface area contributed by atoms with Crippen LogP contribution in [0.15, 0.2) is 29.4 Å². The van der Waals surface area contributed by atoms with Crippen LogP contribution in [0, 0.1) is 11.8 Å². The minimum Gasteiger partial charge on any atom is -0.341 e. The lowest BCUT2D eigenvalue weighted by atomic mass is 9.92. The molecular formula is C22H29N5OS. The van der Waals surface area contributed by atoms with Crippen LogP contribution < -0.4 is 0 Å². The molecule has 0 radical (unpaired) electrons. The second-order valence-corrected chi connectivity index (χ2v) is 9.69. The zero-order chi connectivity index (χ0) is 20.5. The molecule has 0 saturated carbocycles. The molecule has 0 spiro atoms. The van der Waals surface area contributed by atoms with Crippen LogP contribution in [0.5, 0.6) is 0 Å². The fraction of sp³-hybridized carbons (Fsp3) is 0.545. The minimum absolute atomic E-state index is 0.172. The van der Waals surface area contributed by atoms with Crippen molar-refractivity contribution in [3.05, 3.63) is 24.3 Å². The Morgan fingerprint density at radius 3 is 2.66 bits per heavy atom. The number of rotatable bonds is 5. The maximum atomic E-state index is 13.0. The molecule has 29 heavy (non-hydrogen) atoms. The van der Waals surface area contributed by atoms with E-state index >= 15 is 0 Å². The van der Waals surface area contributed by atoms with Crippen molar-refractivity contribution in [2.45, 2.75) is 57.5 Å². The lowest BCUT2D eigenvalue weighted by Crippen LogP contribution is -2.45. The maximum Gasteiger partial charge on any atom is 0.235 e. The number of amides is 1. The molecule has 1 aromatic carbocycles. The smallest absolute Gasteiger partial charge is 0.235 e. The van der Waals surface area contributed by atoms with Gasteiger partial charge in [-0.15, -0.1) is 10.2 Å². The summed E-state index contributed by atoms with van der Waals surface area (Å²) in [4.78, 5) is 19.8. The number of para-hydroxylation sites is 1. The van der Waals surface area contributed by atoms with E-state index in [0.717, 1.165) is 48.1 Å². The summed E-state index contributed by atoms with van der Waals surface area (Å²) in [5.74, 6) is 1.28. The molecule has 1 fully saturated rings. The van der Waals surface area contributed by atoms with Gasteiger partial charge in [0.05, 0.1) is 10.8 Å². The largest absolute Gasteiger partial charge is 0.341 e. The van der Waals surface area contributed by atoms with E-state index in [4.69, 9.17) is 4.98 Å². The summed E-state index contributed by atoms with van der Waals surface area (Å²) in [6, 6.07) is 8.23. The highest BCUT2D eigenvalue weighted by Crippen LogP contribution is 2.29. The molecule has 154 valence electrons. The Bertz CT molecular complexity index is 1020. The van der Waals surface area contributed by atoms with Crippen molar-refractivity contribution in [1.82, 2.24) is 24.6 Å². The molecule has 3 aromatic rings. The van der Waals surface area contributed by atoms with Crippen molar-refractivity contribution in [2.75, 3.05) is 13.1 Å². The molecule has 1 aliphatic rings. The number of carbonyl (C=O) groups is 1. The van der Waals surface area contributed by atoms with Crippen LogP contribution in [0.1, 0.15) is 40.5 Å². The van der Waals surface area contributed by atoms with Crippen molar-refractivity contribution in [3.8, 4) is 0 Å². The average molecular weight is 412 g/mol. The van der Waals surface area contributed by atoms with E-state index in [-0.39, 0.29) is 11.2 Å². The van der Waals surface area contributed by atoms with Gasteiger partial charge in [-0.2, -0.15) is 0 Å². The zero-order valence-corrected chi connectivity index (χ0v) is 18.4. The first-order valence-corrected chi connectivity index (χ1v) is 11.4. The molecule has 4 rings (SSSR count). The molecule has 1 saturated heterocycles. The maximum absolute atomic E-state index is 13.0. The van der Waals surface area contributed by atoms with Gasteiger partial charge in [-0.05, 0) is 37.7 Å². The molecule has 1 amide bonds. The molecular weight excluding hydrogens is 382 g/mol. The van der Waals surface area contributed by atoms with Crippen molar-refractivity contribution in [1.29, 1.82) is 0 Å². The summed E-state index contributed by atoms with van der Waals surface area (Å²) in [7, 11) is 0. The van der Waals surface area contributed by atoms with Crippen LogP contribution in [-0.2, 0) is 11.3 Å². The summed E-state index contributed by atoms with van der Waals surface area (Å²) in [5, 5.41) is 10.2. The van der Waals surface area contributed by atoms with Gasteiger partial charge in [0.1, 0.15) is 5.52 Å². The topological polar surface area (TPSA) is 63.9 Å². The summed E-state index contributed by atoms with van der Waals surface area (Å²) in [6.45, 7) is 11.1. The van der Waals surface area contributed by atoms with Crippen LogP contribution in [0.2, 0.25) is 0 Å². The SMILES string of the molecule is CCCn1c2ccccc2c2nnc(SC(C)C(=O)N3CC(C)CC(C)C3)nc21. The standard InChI is InChI=1S/C22H29N5OS/c1-5-10-27-18-9-7-6-8-17(18)19-20(27)23-22(25-24-19)29-16(4)21(28)26-12-14(2)11-15(3)13-26/h6-9,14-16H,5,10-13H2,1-4H3. The molecule has 0 aliphatic carbocycles. The molecule has 0 N–H and O–H groups in total. The van der Waals surface area contributed by atoms with Crippen molar-refractivity contribution < 1.29 is 4.79 Å². The first-order valence-electron chi connectivity index (χ1n) is 10.5. The third-order valence-corrected chi connectivity index (χ3v) is 6.55. The van der Waals surface area contributed by atoms with E-state index in [2.05, 4.69) is 47.7 Å². The fourth-order valence-corrected chi connectivity index (χ4v) is 5.29. The van der Waals surface area contributed by atoms with Crippen molar-refractivity contribution in [3.63, 3.8) is 0 Å². The Hall–Kier alpha value is -2.15. The number of hydrogen-bond donors (Lipinski definition) is 0. The normalized spacial score (nSPS) is 21.0. The number of aromatic nitrogens is 4. The summed E-state index contributed by atoms with van der Waals surface area (Å²) < 4.78 is 2.21. The number of hydrogen-bond acceptors (Lipinski definition) is 5. The first-order chi connectivity index (χ1) is 14.0. The number of fused-ring (bicyclic) bond motifs is 3. The molecule has 3 unspecified atom stereocenters. The fourth-order valence-electron chi connectivity index (χ4n) is 4.50. The third-order valence-electron chi connectivity index (χ3n) is 5.61. The second-order valence-electron chi connectivity index (χ2n) is 8.38. The van der Waals surface area contributed by atoms with Crippen LogP contribution in [0.3, 0.4) is 0 Å². The van der Waals surface area contributed by atoms with Gasteiger partial charge < -0.3 is 9.47 Å². The van der Waals surface area contributed by atoms with Gasteiger partial charge in [0.2, 0.25) is 11.1 Å². The average Bonchev–Trinajstić information content (AvgIpc) is 3.00. The van der Waals surface area contributed by atoms with E-state index in [1.54, 1.807) is 0 Å². The van der Waals surface area contributed by atoms with Crippen LogP contribution in [0.4, 0.5) is 0 Å². The Labute approximate surface area is 176 Å². The van der Waals surface area contributed by atoms with Crippen molar-refractivity contribution in [2.24, 2.45) is 11.8 Å². The van der Waals surface area contributed by atoms with Gasteiger partial charge in [0.15, 0.2) is 5.65 Å². The molecule has 1 aliphatic heterocycles. The van der Waals surface area contributed by atoms with Crippen LogP contribution in [0.25, 0.3) is 22.1 Å². The quantitative estimate of drug-likeness (QED) is 0.583. The Morgan fingerprint density at radius 1 is 1.21 bits per heavy atom. The zero-order valence-electron chi connectivity index (χ0n) is 17.6. The number of benzene rings is 1. The molecule has 3 atom stereocenters. The van der Waals surface area contributed by atoms with Gasteiger partial charge >= 0.3 is 0 Å². The summed E-state index contributed by atoms with van der Waals surface area (Å²) >= 11 is 1.41. The van der Waals surface area contributed by atoms with E-state index < -0.39 is 0 Å². The van der Waals surface area contributed by atoms with Gasteiger partial charge in [0, 0.05) is 25.0 Å². The number of aryl methyl sites for hydroxylation is 1. The predicted octanol–water partition coefficient (Wildman–Crippen LogP) is 4.37. The minimum atomic E-state index is -0.226. The summed E-state index contributed by atoms with van der Waals surface area (Å²) in [5.41, 5.74) is 2.81. The van der Waals surface area contributed by atoms with E-state index in [1.807, 2.05) is 24.0 Å². The van der Waals surface area contributed by atoms with Gasteiger partial charge in [0.25, 0.3) is 0 Å². The lowest BCUT2D eigenvalue weighted by Gasteiger charge is -2.36. The van der Waals surface area contributed by atoms with Crippen LogP contribution in [-0.4, -0.2) is 48.9 Å². The number of thioether (sulfide) groups is 1. The first kappa shape index (κ1) is 20.1. The highest BCUT2D eigenvalue weighted by Gasteiger charge is 2.29. The monoisotopic (exact) mass is 411 g/mol. The third kappa shape index (κ3) is 3.97. The predicted molar refractivity (Wildman–Crippen MR) is 118 cm³/mol. The van der Waals surface area contributed by atoms with E-state index in [9.17, 15) is 4.79 Å². The number of carbonyl (C=O) groups excluding carboxylic acids is 1.